The van der Waals surface area contributed by atoms with E-state index < -0.39 is 24.5 Å². The van der Waals surface area contributed by atoms with E-state index in [1.54, 1.807) is 24.3 Å². The fraction of sp³-hybridized carbons (Fsp3) is 0.154. The van der Waals surface area contributed by atoms with Crippen LogP contribution in [-0.2, 0) is 9.53 Å². The van der Waals surface area contributed by atoms with Gasteiger partial charge in [0.05, 0.1) is 5.56 Å². The van der Waals surface area contributed by atoms with E-state index in [-0.39, 0.29) is 6.54 Å². The van der Waals surface area contributed by atoms with Gasteiger partial charge >= 0.3 is 12.0 Å². The Morgan fingerprint density at radius 2 is 2.10 bits per heavy atom. The first kappa shape index (κ1) is 15.9. The maximum atomic E-state index is 11.6. The Balaban J connectivity index is 2.39. The molecule has 1 rings (SSSR count). The molecule has 1 aromatic rings. The zero-order chi connectivity index (χ0) is 15.0. The van der Waals surface area contributed by atoms with Gasteiger partial charge in [-0.2, -0.15) is 0 Å². The third kappa shape index (κ3) is 5.66. The molecule has 2 N–H and O–H groups in total. The minimum Gasteiger partial charge on any atom is -0.452 e. The molecule has 0 fully saturated rings. The first-order chi connectivity index (χ1) is 9.52. The molecule has 0 saturated heterocycles. The number of amides is 3. The van der Waals surface area contributed by atoms with E-state index in [0.717, 1.165) is 4.47 Å². The molecule has 0 aliphatic carbocycles. The molecule has 0 unspecified atom stereocenters. The molecule has 7 heteroatoms. The van der Waals surface area contributed by atoms with Gasteiger partial charge in [0.25, 0.3) is 5.91 Å². The van der Waals surface area contributed by atoms with Gasteiger partial charge < -0.3 is 10.1 Å². The Hall–Kier alpha value is -2.15. The van der Waals surface area contributed by atoms with E-state index in [9.17, 15) is 14.4 Å². The van der Waals surface area contributed by atoms with Crippen LogP contribution in [-0.4, -0.2) is 31.1 Å². The van der Waals surface area contributed by atoms with Gasteiger partial charge in [0.15, 0.2) is 6.61 Å². The monoisotopic (exact) mass is 340 g/mol. The van der Waals surface area contributed by atoms with Gasteiger partial charge in [-0.05, 0) is 18.2 Å². The second-order valence-corrected chi connectivity index (χ2v) is 4.55. The van der Waals surface area contributed by atoms with Crippen LogP contribution < -0.4 is 10.6 Å². The SMILES string of the molecule is C=CCNC(=O)NC(=O)COC(=O)c1cccc(Br)c1. The number of ether oxygens (including phenoxy) is 1. The van der Waals surface area contributed by atoms with E-state index in [4.69, 9.17) is 4.74 Å². The molecule has 0 heterocycles. The fourth-order valence-electron chi connectivity index (χ4n) is 1.20. The predicted molar refractivity (Wildman–Crippen MR) is 76.2 cm³/mol. The van der Waals surface area contributed by atoms with Crippen LogP contribution in [0.1, 0.15) is 10.4 Å². The van der Waals surface area contributed by atoms with E-state index in [1.807, 2.05) is 5.32 Å². The minimum absolute atomic E-state index is 0.233. The summed E-state index contributed by atoms with van der Waals surface area (Å²) in [6.45, 7) is 3.11. The molecule has 0 aromatic heterocycles. The molecule has 20 heavy (non-hydrogen) atoms. The number of esters is 1. The summed E-state index contributed by atoms with van der Waals surface area (Å²) in [4.78, 5) is 34.1. The molecule has 0 aliphatic heterocycles. The lowest BCUT2D eigenvalue weighted by Gasteiger charge is -2.06. The molecular weight excluding hydrogens is 328 g/mol. The summed E-state index contributed by atoms with van der Waals surface area (Å²) >= 11 is 3.22. The van der Waals surface area contributed by atoms with Gasteiger partial charge in [-0.1, -0.05) is 28.1 Å². The van der Waals surface area contributed by atoms with Crippen LogP contribution in [0.4, 0.5) is 4.79 Å². The quantitative estimate of drug-likeness (QED) is 0.630. The average molecular weight is 341 g/mol. The lowest BCUT2D eigenvalue weighted by molar-refractivity contribution is -0.123. The first-order valence-electron chi connectivity index (χ1n) is 5.64. The van der Waals surface area contributed by atoms with Crippen molar-refractivity contribution >= 4 is 33.8 Å². The molecule has 106 valence electrons. The van der Waals surface area contributed by atoms with Gasteiger partial charge in [0.1, 0.15) is 0 Å². The largest absolute Gasteiger partial charge is 0.452 e. The highest BCUT2D eigenvalue weighted by Gasteiger charge is 2.12. The molecule has 0 aliphatic rings. The average Bonchev–Trinajstić information content (AvgIpc) is 2.42. The lowest BCUT2D eigenvalue weighted by atomic mass is 10.2. The van der Waals surface area contributed by atoms with Gasteiger partial charge in [-0.25, -0.2) is 9.59 Å². The van der Waals surface area contributed by atoms with Crippen molar-refractivity contribution in [2.24, 2.45) is 0 Å². The number of hydrogen-bond acceptors (Lipinski definition) is 4. The predicted octanol–water partition coefficient (Wildman–Crippen LogP) is 1.62. The van der Waals surface area contributed by atoms with Gasteiger partial charge in [-0.15, -0.1) is 6.58 Å². The fourth-order valence-corrected chi connectivity index (χ4v) is 1.60. The summed E-state index contributed by atoms with van der Waals surface area (Å²) in [5.74, 6) is -1.36. The summed E-state index contributed by atoms with van der Waals surface area (Å²) in [6, 6.07) is 5.88. The molecule has 1 aromatic carbocycles. The zero-order valence-corrected chi connectivity index (χ0v) is 12.1. The van der Waals surface area contributed by atoms with Crippen LogP contribution in [0.5, 0.6) is 0 Å². The van der Waals surface area contributed by atoms with Crippen molar-refractivity contribution in [1.29, 1.82) is 0 Å². The summed E-state index contributed by atoms with van der Waals surface area (Å²) in [5, 5.41) is 4.36. The standard InChI is InChI=1S/C13H13BrN2O4/c1-2-6-15-13(19)16-11(17)8-20-12(18)9-4-3-5-10(14)7-9/h2-5,7H,1,6,8H2,(H2,15,16,17,19). The number of rotatable bonds is 5. The van der Waals surface area contributed by atoms with Crippen molar-refractivity contribution < 1.29 is 19.1 Å². The number of carbonyl (C=O) groups excluding carboxylic acids is 3. The maximum Gasteiger partial charge on any atom is 0.338 e. The molecule has 0 saturated carbocycles. The Labute approximate surface area is 124 Å². The summed E-state index contributed by atoms with van der Waals surface area (Å²) in [5.41, 5.74) is 0.309. The Morgan fingerprint density at radius 1 is 1.35 bits per heavy atom. The molecule has 0 atom stereocenters. The summed E-state index contributed by atoms with van der Waals surface area (Å²) in [6.07, 6.45) is 1.47. The highest BCUT2D eigenvalue weighted by atomic mass is 79.9. The number of benzene rings is 1. The third-order valence-electron chi connectivity index (χ3n) is 2.05. The maximum absolute atomic E-state index is 11.6. The van der Waals surface area contributed by atoms with Crippen molar-refractivity contribution in [1.82, 2.24) is 10.6 Å². The molecule has 0 spiro atoms. The van der Waals surface area contributed by atoms with E-state index in [2.05, 4.69) is 27.8 Å². The third-order valence-corrected chi connectivity index (χ3v) is 2.55. The van der Waals surface area contributed by atoms with Crippen LogP contribution >= 0.6 is 15.9 Å². The number of urea groups is 1. The van der Waals surface area contributed by atoms with Gasteiger partial charge in [0.2, 0.25) is 0 Å². The highest BCUT2D eigenvalue weighted by molar-refractivity contribution is 9.10. The first-order valence-corrected chi connectivity index (χ1v) is 6.43. The topological polar surface area (TPSA) is 84.5 Å². The van der Waals surface area contributed by atoms with E-state index in [0.29, 0.717) is 5.56 Å². The second-order valence-electron chi connectivity index (χ2n) is 3.63. The van der Waals surface area contributed by atoms with Gasteiger partial charge in [0, 0.05) is 11.0 Å². The van der Waals surface area contributed by atoms with Gasteiger partial charge in [-0.3, -0.25) is 10.1 Å². The Kier molecular flexibility index (Phi) is 6.45. The molecule has 0 bridgehead atoms. The smallest absolute Gasteiger partial charge is 0.338 e. The molecular formula is C13H13BrN2O4. The highest BCUT2D eigenvalue weighted by Crippen LogP contribution is 2.12. The molecule has 3 amide bonds. The number of halogens is 1. The van der Waals surface area contributed by atoms with E-state index >= 15 is 0 Å². The summed E-state index contributed by atoms with van der Waals surface area (Å²) in [7, 11) is 0. The van der Waals surface area contributed by atoms with Crippen LogP contribution in [0.3, 0.4) is 0 Å². The van der Waals surface area contributed by atoms with Crippen molar-refractivity contribution in [3.63, 3.8) is 0 Å². The molecule has 0 radical (unpaired) electrons. The zero-order valence-electron chi connectivity index (χ0n) is 10.5. The minimum atomic E-state index is -0.713. The Bertz CT molecular complexity index is 531. The number of carbonyl (C=O) groups is 3. The van der Waals surface area contributed by atoms with E-state index in [1.165, 1.54) is 6.08 Å². The van der Waals surface area contributed by atoms with Crippen LogP contribution in [0.15, 0.2) is 41.4 Å². The summed E-state index contributed by atoms with van der Waals surface area (Å²) < 4.78 is 5.50. The number of hydrogen-bond donors (Lipinski definition) is 2. The van der Waals surface area contributed by atoms with Crippen molar-refractivity contribution in [3.8, 4) is 0 Å². The normalized spacial score (nSPS) is 9.45. The van der Waals surface area contributed by atoms with Crippen molar-refractivity contribution in [2.45, 2.75) is 0 Å². The van der Waals surface area contributed by atoms with Crippen molar-refractivity contribution in [2.75, 3.05) is 13.2 Å². The van der Waals surface area contributed by atoms with Crippen molar-refractivity contribution in [3.05, 3.63) is 47.0 Å². The van der Waals surface area contributed by atoms with Crippen LogP contribution in [0, 0.1) is 0 Å². The Morgan fingerprint density at radius 3 is 2.75 bits per heavy atom. The lowest BCUT2D eigenvalue weighted by Crippen LogP contribution is -2.41. The number of imide groups is 1. The molecule has 6 nitrogen and oxygen atoms in total. The second kappa shape index (κ2) is 8.11. The number of nitrogens with one attached hydrogen (secondary N) is 2. The van der Waals surface area contributed by atoms with Crippen LogP contribution in [0.2, 0.25) is 0 Å². The van der Waals surface area contributed by atoms with Crippen LogP contribution in [0.25, 0.3) is 0 Å².